The minimum atomic E-state index is 0.403. The van der Waals surface area contributed by atoms with Crippen molar-refractivity contribution in [3.8, 4) is 0 Å². The lowest BCUT2D eigenvalue weighted by Gasteiger charge is -2.07. The fourth-order valence-electron chi connectivity index (χ4n) is 2.19. The lowest BCUT2D eigenvalue weighted by molar-refractivity contribution is 0.183. The molecule has 1 aromatic carbocycles. The Kier molecular flexibility index (Phi) is 4.50. The average molecular weight is 282 g/mol. The van der Waals surface area contributed by atoms with E-state index in [4.69, 9.17) is 20.8 Å². The van der Waals surface area contributed by atoms with Crippen LogP contribution in [0.4, 0.5) is 0 Å². The summed E-state index contributed by atoms with van der Waals surface area (Å²) in [6.45, 7) is 7.49. The minimum Gasteiger partial charge on any atom is -0.458 e. The van der Waals surface area contributed by atoms with E-state index in [2.05, 4.69) is 26.1 Å². The number of furan rings is 1. The number of nitrogens with one attached hydrogen (secondary N) is 1. The van der Waals surface area contributed by atoms with Gasteiger partial charge in [-0.3, -0.25) is 0 Å². The van der Waals surface area contributed by atoms with Crippen molar-refractivity contribution in [3.63, 3.8) is 0 Å². The third-order valence-electron chi connectivity index (χ3n) is 3.14. The second-order valence-electron chi connectivity index (χ2n) is 5.04. The van der Waals surface area contributed by atoms with Gasteiger partial charge in [0.25, 0.3) is 0 Å². The van der Waals surface area contributed by atoms with Crippen molar-refractivity contribution in [2.24, 2.45) is 0 Å². The van der Waals surface area contributed by atoms with Crippen molar-refractivity contribution in [1.29, 1.82) is 0 Å². The Morgan fingerprint density at radius 1 is 1.37 bits per heavy atom. The molecule has 0 amide bonds. The molecule has 1 N–H and O–H groups in total. The van der Waals surface area contributed by atoms with Crippen molar-refractivity contribution < 1.29 is 9.15 Å². The van der Waals surface area contributed by atoms with Gasteiger partial charge < -0.3 is 14.5 Å². The molecule has 0 aliphatic rings. The van der Waals surface area contributed by atoms with Crippen LogP contribution in [0.1, 0.15) is 30.7 Å². The zero-order chi connectivity index (χ0) is 14.0. The number of fused-ring (bicyclic) bond motifs is 1. The zero-order valence-electron chi connectivity index (χ0n) is 11.8. The molecule has 0 saturated heterocycles. The molecule has 4 heteroatoms. The summed E-state index contributed by atoms with van der Waals surface area (Å²) >= 11 is 6.22. The zero-order valence-corrected chi connectivity index (χ0v) is 12.6. The smallest absolute Gasteiger partial charge is 0.153 e. The maximum atomic E-state index is 6.22. The minimum absolute atomic E-state index is 0.403. The molecule has 0 bridgehead atoms. The summed E-state index contributed by atoms with van der Waals surface area (Å²) in [6, 6.07) is 4.29. The molecule has 0 aliphatic heterocycles. The van der Waals surface area contributed by atoms with E-state index in [0.29, 0.717) is 24.2 Å². The lowest BCUT2D eigenvalue weighted by Crippen LogP contribution is -2.22. The van der Waals surface area contributed by atoms with Crippen LogP contribution in [0.25, 0.3) is 11.0 Å². The Bertz CT molecular complexity index is 575. The van der Waals surface area contributed by atoms with E-state index in [-0.39, 0.29) is 0 Å². The molecule has 2 rings (SSSR count). The van der Waals surface area contributed by atoms with Gasteiger partial charge in [-0.2, -0.15) is 0 Å². The highest BCUT2D eigenvalue weighted by Crippen LogP contribution is 2.34. The van der Waals surface area contributed by atoms with Crippen LogP contribution >= 0.6 is 11.6 Å². The molecule has 19 heavy (non-hydrogen) atoms. The molecule has 0 saturated carbocycles. The molecule has 0 atom stereocenters. The first-order valence-corrected chi connectivity index (χ1v) is 6.84. The van der Waals surface area contributed by atoms with Crippen LogP contribution in [-0.4, -0.2) is 13.2 Å². The monoisotopic (exact) mass is 281 g/mol. The van der Waals surface area contributed by atoms with E-state index in [9.17, 15) is 0 Å². The van der Waals surface area contributed by atoms with Gasteiger partial charge in [0.1, 0.15) is 5.76 Å². The summed E-state index contributed by atoms with van der Waals surface area (Å²) in [7, 11) is 1.69. The fraction of sp³-hybridized carbons (Fsp3) is 0.467. The molecule has 104 valence electrons. The number of hydrogen-bond donors (Lipinski definition) is 1. The number of ether oxygens (including phenoxy) is 1. The molecular formula is C15H20ClNO2. The van der Waals surface area contributed by atoms with E-state index >= 15 is 0 Å². The maximum Gasteiger partial charge on any atom is 0.153 e. The van der Waals surface area contributed by atoms with E-state index in [1.54, 1.807) is 7.11 Å². The molecule has 2 aromatic rings. The Labute approximate surface area is 118 Å². The van der Waals surface area contributed by atoms with Crippen molar-refractivity contribution in [2.45, 2.75) is 40.0 Å². The maximum absolute atomic E-state index is 6.22. The number of halogens is 1. The largest absolute Gasteiger partial charge is 0.458 e. The average Bonchev–Trinajstić information content (AvgIpc) is 2.72. The van der Waals surface area contributed by atoms with E-state index in [1.165, 1.54) is 0 Å². The van der Waals surface area contributed by atoms with Crippen LogP contribution in [0, 0.1) is 6.92 Å². The van der Waals surface area contributed by atoms with Crippen LogP contribution in [0.3, 0.4) is 0 Å². The molecule has 0 unspecified atom stereocenters. The van der Waals surface area contributed by atoms with Crippen molar-refractivity contribution in [1.82, 2.24) is 5.32 Å². The highest BCUT2D eigenvalue weighted by atomic mass is 35.5. The first-order valence-electron chi connectivity index (χ1n) is 6.46. The Hall–Kier alpha value is -1.03. The third-order valence-corrected chi connectivity index (χ3v) is 3.44. The van der Waals surface area contributed by atoms with Gasteiger partial charge in [0.05, 0.1) is 18.2 Å². The fourth-order valence-corrected chi connectivity index (χ4v) is 2.39. The molecule has 0 fully saturated rings. The molecule has 1 heterocycles. The summed E-state index contributed by atoms with van der Waals surface area (Å²) in [4.78, 5) is 0. The van der Waals surface area contributed by atoms with Gasteiger partial charge in [-0.1, -0.05) is 31.5 Å². The second-order valence-corrected chi connectivity index (χ2v) is 5.45. The standard InChI is InChI=1S/C15H20ClNO2/c1-9(2)17-7-13-11(8-18-4)14-10(3)5-6-12(16)15(14)19-13/h5-6,9,17H,7-8H2,1-4H3. The number of benzene rings is 1. The predicted octanol–water partition coefficient (Wildman–Crippen LogP) is 4.04. The van der Waals surface area contributed by atoms with Gasteiger partial charge in [-0.05, 0) is 18.6 Å². The molecule has 1 aromatic heterocycles. The predicted molar refractivity (Wildman–Crippen MR) is 78.6 cm³/mol. The summed E-state index contributed by atoms with van der Waals surface area (Å²) in [5.41, 5.74) is 3.01. The Balaban J connectivity index is 2.53. The van der Waals surface area contributed by atoms with Crippen LogP contribution in [-0.2, 0) is 17.9 Å². The number of rotatable bonds is 5. The van der Waals surface area contributed by atoms with Gasteiger partial charge >= 0.3 is 0 Å². The first-order chi connectivity index (χ1) is 9.04. The van der Waals surface area contributed by atoms with Crippen LogP contribution in [0.15, 0.2) is 16.5 Å². The van der Waals surface area contributed by atoms with Crippen LogP contribution < -0.4 is 5.32 Å². The normalized spacial score (nSPS) is 11.7. The SMILES string of the molecule is COCc1c(CNC(C)C)oc2c(Cl)ccc(C)c12. The third kappa shape index (κ3) is 2.94. The molecule has 0 spiro atoms. The Morgan fingerprint density at radius 3 is 2.74 bits per heavy atom. The number of methoxy groups -OCH3 is 1. The number of hydrogen-bond acceptors (Lipinski definition) is 3. The number of aryl methyl sites for hydroxylation is 1. The van der Waals surface area contributed by atoms with Gasteiger partial charge in [-0.25, -0.2) is 0 Å². The quantitative estimate of drug-likeness (QED) is 0.898. The van der Waals surface area contributed by atoms with E-state index in [1.807, 2.05) is 12.1 Å². The van der Waals surface area contributed by atoms with Crippen LogP contribution in [0.2, 0.25) is 5.02 Å². The topological polar surface area (TPSA) is 34.4 Å². The summed E-state index contributed by atoms with van der Waals surface area (Å²) in [5.74, 6) is 0.904. The lowest BCUT2D eigenvalue weighted by atomic mass is 10.1. The second kappa shape index (κ2) is 5.95. The summed E-state index contributed by atoms with van der Waals surface area (Å²) < 4.78 is 11.2. The summed E-state index contributed by atoms with van der Waals surface area (Å²) in [5, 5.41) is 5.09. The van der Waals surface area contributed by atoms with Gasteiger partial charge in [0, 0.05) is 24.1 Å². The molecule has 3 nitrogen and oxygen atoms in total. The van der Waals surface area contributed by atoms with Gasteiger partial charge in [0.2, 0.25) is 0 Å². The highest BCUT2D eigenvalue weighted by Gasteiger charge is 2.18. The Morgan fingerprint density at radius 2 is 2.11 bits per heavy atom. The van der Waals surface area contributed by atoms with Gasteiger partial charge in [-0.15, -0.1) is 0 Å². The van der Waals surface area contributed by atoms with Crippen LogP contribution in [0.5, 0.6) is 0 Å². The van der Waals surface area contributed by atoms with Crippen molar-refractivity contribution in [3.05, 3.63) is 34.0 Å². The first kappa shape index (κ1) is 14.4. The van der Waals surface area contributed by atoms with Crippen molar-refractivity contribution >= 4 is 22.6 Å². The summed E-state index contributed by atoms with van der Waals surface area (Å²) in [6.07, 6.45) is 0. The molecule has 0 radical (unpaired) electrons. The van der Waals surface area contributed by atoms with E-state index < -0.39 is 0 Å². The van der Waals surface area contributed by atoms with E-state index in [0.717, 1.165) is 27.9 Å². The highest BCUT2D eigenvalue weighted by molar-refractivity contribution is 6.35. The van der Waals surface area contributed by atoms with Crippen molar-refractivity contribution in [2.75, 3.05) is 7.11 Å². The molecular weight excluding hydrogens is 262 g/mol. The molecule has 0 aliphatic carbocycles. The van der Waals surface area contributed by atoms with Gasteiger partial charge in [0.15, 0.2) is 5.58 Å².